The molecule has 164 valence electrons. The summed E-state index contributed by atoms with van der Waals surface area (Å²) in [6.45, 7) is 3.79. The lowest BCUT2D eigenvalue weighted by Gasteiger charge is -2.19. The Hall–Kier alpha value is -2.36. The molecule has 3 aromatic rings. The van der Waals surface area contributed by atoms with Crippen LogP contribution in [-0.2, 0) is 0 Å². The van der Waals surface area contributed by atoms with Crippen molar-refractivity contribution in [3.05, 3.63) is 23.7 Å². The average Bonchev–Trinajstić information content (AvgIpc) is 3.25. The van der Waals surface area contributed by atoms with Crippen LogP contribution in [0, 0.1) is 19.8 Å². The summed E-state index contributed by atoms with van der Waals surface area (Å²) in [6.07, 6.45) is 6.08. The van der Waals surface area contributed by atoms with E-state index >= 15 is 0 Å². The van der Waals surface area contributed by atoms with E-state index in [0.29, 0.717) is 12.0 Å². The van der Waals surface area contributed by atoms with Crippen LogP contribution in [0.1, 0.15) is 43.5 Å². The van der Waals surface area contributed by atoms with Gasteiger partial charge in [0.05, 0.1) is 34.4 Å². The fraction of sp³-hybridized carbons (Fsp3) is 0.545. The molecule has 4 N–H and O–H groups in total. The zero-order valence-corrected chi connectivity index (χ0v) is 18.6. The molecule has 3 aromatic heterocycles. The Morgan fingerprint density at radius 1 is 1.06 bits per heavy atom. The van der Waals surface area contributed by atoms with Crippen LogP contribution in [0.2, 0.25) is 0 Å². The highest BCUT2D eigenvalue weighted by Gasteiger charge is 2.31. The van der Waals surface area contributed by atoms with Crippen LogP contribution >= 0.6 is 11.3 Å². The molecule has 3 atom stereocenters. The Bertz CT molecular complexity index is 1100. The lowest BCUT2D eigenvalue weighted by Crippen LogP contribution is -2.24. The molecule has 0 saturated heterocycles. The molecule has 2 fully saturated rings. The molecule has 9 heteroatoms. The predicted octanol–water partition coefficient (Wildman–Crippen LogP) is 3.27. The molecule has 0 aromatic carbocycles. The number of aryl methyl sites for hydroxylation is 2. The van der Waals surface area contributed by atoms with Crippen LogP contribution in [0.5, 0.6) is 0 Å². The first-order valence-electron chi connectivity index (χ1n) is 10.9. The van der Waals surface area contributed by atoms with E-state index in [4.69, 9.17) is 15.0 Å². The highest BCUT2D eigenvalue weighted by Crippen LogP contribution is 2.39. The second kappa shape index (κ2) is 8.29. The lowest BCUT2D eigenvalue weighted by atomic mass is 10.0. The molecule has 0 bridgehead atoms. The number of hydrogen-bond donors (Lipinski definition) is 4. The van der Waals surface area contributed by atoms with E-state index in [1.54, 1.807) is 11.3 Å². The van der Waals surface area contributed by atoms with E-state index in [1.165, 1.54) is 0 Å². The van der Waals surface area contributed by atoms with E-state index < -0.39 is 6.10 Å². The van der Waals surface area contributed by atoms with Gasteiger partial charge >= 0.3 is 0 Å². The van der Waals surface area contributed by atoms with Gasteiger partial charge in [-0.2, -0.15) is 4.98 Å². The Morgan fingerprint density at radius 3 is 2.61 bits per heavy atom. The van der Waals surface area contributed by atoms with Crippen LogP contribution in [0.3, 0.4) is 0 Å². The van der Waals surface area contributed by atoms with Gasteiger partial charge in [-0.25, -0.2) is 9.97 Å². The summed E-state index contributed by atoms with van der Waals surface area (Å²) in [7, 11) is 0. The molecule has 3 heterocycles. The van der Waals surface area contributed by atoms with Gasteiger partial charge in [-0.05, 0) is 57.9 Å². The Labute approximate surface area is 185 Å². The van der Waals surface area contributed by atoms with Crippen molar-refractivity contribution in [2.45, 2.75) is 64.1 Å². The van der Waals surface area contributed by atoms with Gasteiger partial charge in [0, 0.05) is 18.3 Å². The lowest BCUT2D eigenvalue weighted by molar-refractivity contribution is 0.0491. The number of hydrogen-bond acceptors (Lipinski definition) is 9. The molecule has 2 aliphatic rings. The normalized spacial score (nSPS) is 22.1. The van der Waals surface area contributed by atoms with Crippen molar-refractivity contribution in [2.24, 2.45) is 5.92 Å². The molecule has 5 rings (SSSR count). The van der Waals surface area contributed by atoms with E-state index in [9.17, 15) is 10.2 Å². The number of aromatic nitrogens is 4. The summed E-state index contributed by atoms with van der Waals surface area (Å²) in [5.41, 5.74) is 3.64. The van der Waals surface area contributed by atoms with Gasteiger partial charge in [-0.15, -0.1) is 11.3 Å². The highest BCUT2D eigenvalue weighted by molar-refractivity contribution is 7.21. The SMILES string of the molecule is Cc1nc(NC2CC2)nc(NC2CCC(C(O)CO)C2)c1-c1nc2c(C)nccc2s1. The van der Waals surface area contributed by atoms with E-state index in [1.807, 2.05) is 26.1 Å². The van der Waals surface area contributed by atoms with Gasteiger partial charge < -0.3 is 20.8 Å². The Morgan fingerprint density at radius 2 is 1.87 bits per heavy atom. The number of rotatable bonds is 7. The third-order valence-electron chi connectivity index (χ3n) is 6.25. The maximum atomic E-state index is 10.0. The van der Waals surface area contributed by atoms with Gasteiger partial charge in [0.1, 0.15) is 16.3 Å². The van der Waals surface area contributed by atoms with Crippen molar-refractivity contribution in [2.75, 3.05) is 17.2 Å². The molecule has 0 spiro atoms. The van der Waals surface area contributed by atoms with Crippen molar-refractivity contribution in [1.29, 1.82) is 0 Å². The van der Waals surface area contributed by atoms with Gasteiger partial charge in [-0.1, -0.05) is 0 Å². The third-order valence-corrected chi connectivity index (χ3v) is 7.29. The second-order valence-electron chi connectivity index (χ2n) is 8.70. The maximum absolute atomic E-state index is 10.0. The fourth-order valence-electron chi connectivity index (χ4n) is 4.34. The standard InChI is InChI=1S/C22H28N6O2S/c1-11-18(21-27-19-12(2)23-8-7-17(19)31-21)20(28-22(24-11)26-14-5-6-14)25-15-4-3-13(9-15)16(30)10-29/h7-8,13-16,29-30H,3-6,9-10H2,1-2H3,(H2,24,25,26,28). The molecule has 2 saturated carbocycles. The van der Waals surface area contributed by atoms with Crippen LogP contribution in [0.25, 0.3) is 20.8 Å². The molecule has 0 amide bonds. The molecule has 3 unspecified atom stereocenters. The van der Waals surface area contributed by atoms with Crippen molar-refractivity contribution in [1.82, 2.24) is 19.9 Å². The van der Waals surface area contributed by atoms with Crippen molar-refractivity contribution >= 4 is 33.3 Å². The minimum Gasteiger partial charge on any atom is -0.394 e. The molecule has 2 aliphatic carbocycles. The molecule has 8 nitrogen and oxygen atoms in total. The number of thiazole rings is 1. The predicted molar refractivity (Wildman–Crippen MR) is 122 cm³/mol. The summed E-state index contributed by atoms with van der Waals surface area (Å²) in [5, 5.41) is 27.3. The Kier molecular flexibility index (Phi) is 5.49. The maximum Gasteiger partial charge on any atom is 0.225 e. The smallest absolute Gasteiger partial charge is 0.225 e. The van der Waals surface area contributed by atoms with Gasteiger partial charge in [-0.3, -0.25) is 4.98 Å². The molecule has 31 heavy (non-hydrogen) atoms. The fourth-order valence-corrected chi connectivity index (χ4v) is 5.45. The van der Waals surface area contributed by atoms with Crippen molar-refractivity contribution in [3.8, 4) is 10.6 Å². The van der Waals surface area contributed by atoms with Crippen LogP contribution in [0.4, 0.5) is 11.8 Å². The Balaban J connectivity index is 1.51. The van der Waals surface area contributed by atoms with Crippen molar-refractivity contribution in [3.63, 3.8) is 0 Å². The van der Waals surface area contributed by atoms with E-state index in [-0.39, 0.29) is 18.6 Å². The average molecular weight is 441 g/mol. The van der Waals surface area contributed by atoms with Gasteiger partial charge in [0.25, 0.3) is 0 Å². The van der Waals surface area contributed by atoms with E-state index in [2.05, 4.69) is 15.6 Å². The first-order valence-corrected chi connectivity index (χ1v) is 11.8. The molecular formula is C22H28N6O2S. The number of aliphatic hydroxyl groups is 2. The number of fused-ring (bicyclic) bond motifs is 1. The first kappa shape index (κ1) is 20.5. The monoisotopic (exact) mass is 440 g/mol. The largest absolute Gasteiger partial charge is 0.394 e. The zero-order valence-electron chi connectivity index (χ0n) is 17.8. The quantitative estimate of drug-likeness (QED) is 0.442. The highest BCUT2D eigenvalue weighted by atomic mass is 32.1. The third kappa shape index (κ3) is 4.22. The first-order chi connectivity index (χ1) is 15.0. The summed E-state index contributed by atoms with van der Waals surface area (Å²) in [5.74, 6) is 1.54. The van der Waals surface area contributed by atoms with Gasteiger partial charge in [0.2, 0.25) is 5.95 Å². The van der Waals surface area contributed by atoms with Crippen LogP contribution in [-0.4, -0.2) is 54.9 Å². The molecule has 0 radical (unpaired) electrons. The van der Waals surface area contributed by atoms with Crippen molar-refractivity contribution < 1.29 is 10.2 Å². The summed E-state index contributed by atoms with van der Waals surface area (Å²) >= 11 is 1.63. The summed E-state index contributed by atoms with van der Waals surface area (Å²) in [6, 6.07) is 2.64. The number of pyridine rings is 1. The molecule has 0 aliphatic heterocycles. The minimum absolute atomic E-state index is 0.106. The summed E-state index contributed by atoms with van der Waals surface area (Å²) in [4.78, 5) is 18.8. The molecular weight excluding hydrogens is 412 g/mol. The number of anilines is 2. The summed E-state index contributed by atoms with van der Waals surface area (Å²) < 4.78 is 1.10. The number of nitrogens with zero attached hydrogens (tertiary/aromatic N) is 4. The second-order valence-corrected chi connectivity index (χ2v) is 9.73. The zero-order chi connectivity index (χ0) is 21.5. The number of aliphatic hydroxyl groups excluding tert-OH is 2. The van der Waals surface area contributed by atoms with E-state index in [0.717, 1.165) is 70.1 Å². The topological polar surface area (TPSA) is 116 Å². The minimum atomic E-state index is -0.662. The number of nitrogens with one attached hydrogen (secondary N) is 2. The van der Waals surface area contributed by atoms with Crippen LogP contribution < -0.4 is 10.6 Å². The van der Waals surface area contributed by atoms with Crippen LogP contribution in [0.15, 0.2) is 12.3 Å². The van der Waals surface area contributed by atoms with Gasteiger partial charge in [0.15, 0.2) is 0 Å².